The Morgan fingerprint density at radius 2 is 1.76 bits per heavy atom. The van der Waals surface area contributed by atoms with E-state index in [0.29, 0.717) is 22.2 Å². The van der Waals surface area contributed by atoms with Gasteiger partial charge in [-0.3, -0.25) is 9.59 Å². The number of carboxylic acid groups (broad SMARTS) is 1. The molecule has 1 heterocycles. The fourth-order valence-corrected chi connectivity index (χ4v) is 2.66. The molecule has 0 radical (unpaired) electrons. The van der Waals surface area contributed by atoms with Gasteiger partial charge in [0.05, 0.1) is 19.0 Å². The standard InChI is InChI=1S/C19H15NO5/c1-25-14-8-6-12(7-9-14)10-17(21)20-16-5-3-2-4-13(16)11-15(18(20)22)19(23)24/h2-9,11H,10H2,1H3,(H,23,24). The van der Waals surface area contributed by atoms with Crippen molar-refractivity contribution in [1.82, 2.24) is 4.57 Å². The molecule has 6 nitrogen and oxygen atoms in total. The smallest absolute Gasteiger partial charge is 0.341 e. The van der Waals surface area contributed by atoms with Crippen LogP contribution in [0.4, 0.5) is 0 Å². The van der Waals surface area contributed by atoms with Gasteiger partial charge in [-0.05, 0) is 35.2 Å². The summed E-state index contributed by atoms with van der Waals surface area (Å²) in [6.45, 7) is 0. The Bertz CT molecular complexity index is 1020. The monoisotopic (exact) mass is 337 g/mol. The summed E-state index contributed by atoms with van der Waals surface area (Å²) >= 11 is 0. The van der Waals surface area contributed by atoms with Crippen LogP contribution in [0.3, 0.4) is 0 Å². The number of fused-ring (bicyclic) bond motifs is 1. The van der Waals surface area contributed by atoms with Crippen molar-refractivity contribution in [3.05, 3.63) is 76.1 Å². The normalized spacial score (nSPS) is 10.6. The molecule has 0 aliphatic carbocycles. The Hall–Kier alpha value is -3.41. The van der Waals surface area contributed by atoms with Gasteiger partial charge in [0.15, 0.2) is 0 Å². The van der Waals surface area contributed by atoms with E-state index in [1.54, 1.807) is 55.6 Å². The number of nitrogens with zero attached hydrogens (tertiary/aromatic N) is 1. The fraction of sp³-hybridized carbons (Fsp3) is 0.105. The highest BCUT2D eigenvalue weighted by molar-refractivity contribution is 5.97. The second-order valence-electron chi connectivity index (χ2n) is 5.48. The lowest BCUT2D eigenvalue weighted by molar-refractivity contribution is 0.0694. The van der Waals surface area contributed by atoms with Gasteiger partial charge in [-0.1, -0.05) is 30.3 Å². The molecule has 2 aromatic carbocycles. The lowest BCUT2D eigenvalue weighted by Gasteiger charge is -2.11. The lowest BCUT2D eigenvalue weighted by Crippen LogP contribution is -2.32. The quantitative estimate of drug-likeness (QED) is 0.791. The van der Waals surface area contributed by atoms with Gasteiger partial charge in [0.1, 0.15) is 11.3 Å². The molecule has 0 amide bonds. The van der Waals surface area contributed by atoms with Gasteiger partial charge in [-0.25, -0.2) is 9.36 Å². The van der Waals surface area contributed by atoms with Gasteiger partial charge in [0, 0.05) is 0 Å². The van der Waals surface area contributed by atoms with Gasteiger partial charge in [-0.15, -0.1) is 0 Å². The number of carbonyl (C=O) groups is 2. The zero-order valence-electron chi connectivity index (χ0n) is 13.4. The number of hydrogen-bond donors (Lipinski definition) is 1. The first-order chi connectivity index (χ1) is 12.0. The topological polar surface area (TPSA) is 85.6 Å². The third-order valence-corrected chi connectivity index (χ3v) is 3.91. The number of rotatable bonds is 4. The summed E-state index contributed by atoms with van der Waals surface area (Å²) < 4.78 is 6.01. The van der Waals surface area contributed by atoms with Gasteiger partial charge >= 0.3 is 5.97 Å². The van der Waals surface area contributed by atoms with Crippen LogP contribution < -0.4 is 10.3 Å². The first-order valence-electron chi connectivity index (χ1n) is 7.55. The summed E-state index contributed by atoms with van der Waals surface area (Å²) in [6.07, 6.45) is -0.0308. The van der Waals surface area contributed by atoms with Crippen molar-refractivity contribution in [2.75, 3.05) is 7.11 Å². The van der Waals surface area contributed by atoms with E-state index in [1.807, 2.05) is 0 Å². The molecule has 1 N–H and O–H groups in total. The summed E-state index contributed by atoms with van der Waals surface area (Å²) in [5.74, 6) is -1.19. The highest BCUT2D eigenvalue weighted by atomic mass is 16.5. The second kappa shape index (κ2) is 6.60. The Kier molecular flexibility index (Phi) is 4.35. The van der Waals surface area contributed by atoms with E-state index >= 15 is 0 Å². The summed E-state index contributed by atoms with van der Waals surface area (Å²) in [5, 5.41) is 9.76. The van der Waals surface area contributed by atoms with Crippen molar-refractivity contribution in [2.45, 2.75) is 6.42 Å². The predicted octanol–water partition coefficient (Wildman–Crippen LogP) is 2.59. The van der Waals surface area contributed by atoms with E-state index in [-0.39, 0.29) is 6.42 Å². The van der Waals surface area contributed by atoms with E-state index in [0.717, 1.165) is 4.57 Å². The number of para-hydroxylation sites is 1. The minimum absolute atomic E-state index is 0.0308. The molecule has 0 unspecified atom stereocenters. The maximum Gasteiger partial charge on any atom is 0.341 e. The van der Waals surface area contributed by atoms with Crippen LogP contribution in [0, 0.1) is 0 Å². The Morgan fingerprint density at radius 1 is 1.08 bits per heavy atom. The number of carbonyl (C=O) groups excluding carboxylic acids is 1. The molecule has 25 heavy (non-hydrogen) atoms. The molecular weight excluding hydrogens is 322 g/mol. The van der Waals surface area contributed by atoms with Crippen molar-refractivity contribution in [1.29, 1.82) is 0 Å². The maximum absolute atomic E-state index is 12.7. The number of pyridine rings is 1. The molecular formula is C19H15NO5. The van der Waals surface area contributed by atoms with Gasteiger partial charge in [0.2, 0.25) is 5.91 Å². The number of aromatic carboxylic acids is 1. The zero-order chi connectivity index (χ0) is 18.0. The first kappa shape index (κ1) is 16.4. The number of benzene rings is 2. The molecule has 0 fully saturated rings. The Morgan fingerprint density at radius 3 is 2.40 bits per heavy atom. The third-order valence-electron chi connectivity index (χ3n) is 3.91. The second-order valence-corrected chi connectivity index (χ2v) is 5.48. The van der Waals surface area contributed by atoms with E-state index in [4.69, 9.17) is 4.74 Å². The molecule has 0 aliphatic rings. The summed E-state index contributed by atoms with van der Waals surface area (Å²) in [6, 6.07) is 14.9. The van der Waals surface area contributed by atoms with Crippen LogP contribution in [0.1, 0.15) is 20.7 Å². The highest BCUT2D eigenvalue weighted by Gasteiger charge is 2.19. The zero-order valence-corrected chi connectivity index (χ0v) is 13.4. The number of aromatic nitrogens is 1. The molecule has 0 atom stereocenters. The van der Waals surface area contributed by atoms with E-state index in [2.05, 4.69) is 0 Å². The number of carboxylic acids is 1. The lowest BCUT2D eigenvalue weighted by atomic mass is 10.1. The van der Waals surface area contributed by atoms with Crippen LogP contribution >= 0.6 is 0 Å². The van der Waals surface area contributed by atoms with Crippen LogP contribution in [0.25, 0.3) is 10.9 Å². The van der Waals surface area contributed by atoms with Gasteiger partial charge < -0.3 is 9.84 Å². The molecule has 126 valence electrons. The van der Waals surface area contributed by atoms with Crippen LogP contribution in [0.15, 0.2) is 59.4 Å². The molecule has 6 heteroatoms. The van der Waals surface area contributed by atoms with Gasteiger partial charge in [-0.2, -0.15) is 0 Å². The predicted molar refractivity (Wildman–Crippen MR) is 92.5 cm³/mol. The largest absolute Gasteiger partial charge is 0.497 e. The highest BCUT2D eigenvalue weighted by Crippen LogP contribution is 2.16. The van der Waals surface area contributed by atoms with Crippen molar-refractivity contribution in [3.8, 4) is 5.75 Å². The van der Waals surface area contributed by atoms with E-state index < -0.39 is 23.0 Å². The van der Waals surface area contributed by atoms with Crippen LogP contribution in [-0.2, 0) is 6.42 Å². The summed E-state index contributed by atoms with van der Waals surface area (Å²) in [5.41, 5.74) is -0.176. The van der Waals surface area contributed by atoms with Crippen LogP contribution in [0.5, 0.6) is 5.75 Å². The maximum atomic E-state index is 12.7. The molecule has 0 bridgehead atoms. The SMILES string of the molecule is COc1ccc(CC(=O)n2c(=O)c(C(=O)O)cc3ccccc32)cc1. The van der Waals surface area contributed by atoms with Crippen molar-refractivity contribution < 1.29 is 19.4 Å². The van der Waals surface area contributed by atoms with Crippen LogP contribution in [0.2, 0.25) is 0 Å². The summed E-state index contributed by atoms with van der Waals surface area (Å²) in [7, 11) is 1.54. The minimum Gasteiger partial charge on any atom is -0.497 e. The Balaban J connectivity index is 2.09. The molecule has 0 aliphatic heterocycles. The number of hydrogen-bond acceptors (Lipinski definition) is 4. The van der Waals surface area contributed by atoms with E-state index in [9.17, 15) is 19.5 Å². The molecule has 0 saturated heterocycles. The molecule has 0 spiro atoms. The Labute approximate surface area is 142 Å². The van der Waals surface area contributed by atoms with Crippen LogP contribution in [-0.4, -0.2) is 28.7 Å². The molecule has 1 aromatic heterocycles. The van der Waals surface area contributed by atoms with Crippen molar-refractivity contribution in [3.63, 3.8) is 0 Å². The first-order valence-corrected chi connectivity index (χ1v) is 7.55. The number of methoxy groups -OCH3 is 1. The third kappa shape index (κ3) is 3.14. The fourth-order valence-electron chi connectivity index (χ4n) is 2.66. The van der Waals surface area contributed by atoms with Gasteiger partial charge in [0.25, 0.3) is 5.56 Å². The minimum atomic E-state index is -1.36. The average molecular weight is 337 g/mol. The number of ether oxygens (including phenoxy) is 1. The summed E-state index contributed by atoms with van der Waals surface area (Å²) in [4.78, 5) is 36.5. The molecule has 3 rings (SSSR count). The van der Waals surface area contributed by atoms with Crippen molar-refractivity contribution >= 4 is 22.8 Å². The van der Waals surface area contributed by atoms with E-state index in [1.165, 1.54) is 6.07 Å². The molecule has 3 aromatic rings. The average Bonchev–Trinajstić information content (AvgIpc) is 2.61. The van der Waals surface area contributed by atoms with Crippen molar-refractivity contribution in [2.24, 2.45) is 0 Å². The molecule has 0 saturated carbocycles.